The van der Waals surface area contributed by atoms with Crippen molar-refractivity contribution in [1.29, 1.82) is 0 Å². The lowest BCUT2D eigenvalue weighted by Crippen LogP contribution is -2.55. The predicted octanol–water partition coefficient (Wildman–Crippen LogP) is -1.27. The number of amides is 1. The number of hydrogen-bond acceptors (Lipinski definition) is 5. The van der Waals surface area contributed by atoms with Gasteiger partial charge in [-0.25, -0.2) is 4.79 Å². The molecular formula is C6H10N2O4. The summed E-state index contributed by atoms with van der Waals surface area (Å²) in [5, 5.41) is 0. The Kier molecular flexibility index (Phi) is 2.18. The lowest BCUT2D eigenvalue weighted by molar-refractivity contribution is -0.121. The molecule has 0 saturated carbocycles. The average Bonchev–Trinajstić information content (AvgIpc) is 1.94. The summed E-state index contributed by atoms with van der Waals surface area (Å²) < 4.78 is 9.00. The molecule has 4 N–H and O–H groups in total. The van der Waals surface area contributed by atoms with E-state index in [9.17, 15) is 9.59 Å². The Labute approximate surface area is 68.8 Å². The van der Waals surface area contributed by atoms with Gasteiger partial charge in [-0.2, -0.15) is 0 Å². The van der Waals surface area contributed by atoms with Gasteiger partial charge in [0.05, 0.1) is 12.0 Å². The first-order valence-electron chi connectivity index (χ1n) is 3.39. The van der Waals surface area contributed by atoms with Gasteiger partial charge >= 0.3 is 6.16 Å². The fraction of sp³-hybridized carbons (Fsp3) is 0.667. The highest BCUT2D eigenvalue weighted by Gasteiger charge is 2.35. The van der Waals surface area contributed by atoms with Crippen molar-refractivity contribution in [3.63, 3.8) is 0 Å². The third-order valence-corrected chi connectivity index (χ3v) is 1.48. The minimum Gasteiger partial charge on any atom is -0.432 e. The number of primary amides is 1. The van der Waals surface area contributed by atoms with Gasteiger partial charge in [0.1, 0.15) is 13.2 Å². The number of ether oxygens (including phenoxy) is 2. The smallest absolute Gasteiger partial charge is 0.432 e. The van der Waals surface area contributed by atoms with Gasteiger partial charge in [-0.3, -0.25) is 4.79 Å². The molecule has 68 valence electrons. The van der Waals surface area contributed by atoms with Crippen LogP contribution in [0.3, 0.4) is 0 Å². The van der Waals surface area contributed by atoms with Crippen molar-refractivity contribution in [3.8, 4) is 0 Å². The first-order chi connectivity index (χ1) is 5.52. The quantitative estimate of drug-likeness (QED) is 0.507. The lowest BCUT2D eigenvalue weighted by atomic mass is 9.98. The Balaban J connectivity index is 2.49. The van der Waals surface area contributed by atoms with Crippen molar-refractivity contribution >= 4 is 12.1 Å². The third kappa shape index (κ3) is 2.09. The van der Waals surface area contributed by atoms with E-state index < -0.39 is 17.6 Å². The Morgan fingerprint density at radius 1 is 1.50 bits per heavy atom. The van der Waals surface area contributed by atoms with Crippen molar-refractivity contribution < 1.29 is 19.1 Å². The van der Waals surface area contributed by atoms with Crippen molar-refractivity contribution in [3.05, 3.63) is 0 Å². The van der Waals surface area contributed by atoms with Gasteiger partial charge < -0.3 is 20.9 Å². The maximum atomic E-state index is 10.5. The molecule has 1 heterocycles. The van der Waals surface area contributed by atoms with Crippen LogP contribution in [0.5, 0.6) is 0 Å². The third-order valence-electron chi connectivity index (χ3n) is 1.48. The number of rotatable bonds is 2. The van der Waals surface area contributed by atoms with E-state index >= 15 is 0 Å². The second-order valence-corrected chi connectivity index (χ2v) is 2.83. The topological polar surface area (TPSA) is 105 Å². The molecule has 1 fully saturated rings. The van der Waals surface area contributed by atoms with Crippen LogP contribution in [0.1, 0.15) is 6.42 Å². The van der Waals surface area contributed by atoms with Crippen LogP contribution in [0.4, 0.5) is 4.79 Å². The standard InChI is InChI=1S/C6H10N2O4/c7-4(9)1-6(8)2-11-5(10)12-3-6/h1-3,8H2,(H2,7,9). The van der Waals surface area contributed by atoms with E-state index in [2.05, 4.69) is 9.47 Å². The van der Waals surface area contributed by atoms with Crippen molar-refractivity contribution in [1.82, 2.24) is 0 Å². The molecule has 0 atom stereocenters. The van der Waals surface area contributed by atoms with E-state index in [0.29, 0.717) is 0 Å². The molecule has 0 aromatic rings. The van der Waals surface area contributed by atoms with Crippen molar-refractivity contribution in [2.45, 2.75) is 12.0 Å². The van der Waals surface area contributed by atoms with Gasteiger partial charge in [-0.15, -0.1) is 0 Å². The molecule has 0 radical (unpaired) electrons. The molecule has 1 rings (SSSR count). The van der Waals surface area contributed by atoms with Crippen LogP contribution in [0, 0.1) is 0 Å². The van der Waals surface area contributed by atoms with Crippen LogP contribution in [0.15, 0.2) is 0 Å². The molecule has 1 amide bonds. The minimum absolute atomic E-state index is 0.0330. The largest absolute Gasteiger partial charge is 0.508 e. The van der Waals surface area contributed by atoms with Crippen LogP contribution in [-0.4, -0.2) is 30.8 Å². The van der Waals surface area contributed by atoms with Crippen LogP contribution >= 0.6 is 0 Å². The zero-order valence-electron chi connectivity index (χ0n) is 6.41. The van der Waals surface area contributed by atoms with Crippen LogP contribution in [-0.2, 0) is 14.3 Å². The molecule has 0 unspecified atom stereocenters. The number of cyclic esters (lactones) is 2. The monoisotopic (exact) mass is 174 g/mol. The highest BCUT2D eigenvalue weighted by atomic mass is 16.7. The van der Waals surface area contributed by atoms with Crippen LogP contribution < -0.4 is 11.5 Å². The van der Waals surface area contributed by atoms with Gasteiger partial charge in [0.25, 0.3) is 0 Å². The fourth-order valence-electron chi connectivity index (χ4n) is 0.938. The average molecular weight is 174 g/mol. The summed E-state index contributed by atoms with van der Waals surface area (Å²) in [6.07, 6.45) is -0.819. The van der Waals surface area contributed by atoms with Gasteiger partial charge in [0, 0.05) is 0 Å². The van der Waals surface area contributed by atoms with Crippen LogP contribution in [0.2, 0.25) is 0 Å². The second kappa shape index (κ2) is 2.98. The number of nitrogens with two attached hydrogens (primary N) is 2. The number of carbonyl (C=O) groups excluding carboxylic acids is 2. The molecule has 0 spiro atoms. The Morgan fingerprint density at radius 3 is 2.42 bits per heavy atom. The summed E-state index contributed by atoms with van der Waals surface area (Å²) in [5.41, 5.74) is 9.59. The fourth-order valence-corrected chi connectivity index (χ4v) is 0.938. The van der Waals surface area contributed by atoms with E-state index in [4.69, 9.17) is 11.5 Å². The number of carbonyl (C=O) groups is 2. The molecule has 6 nitrogen and oxygen atoms in total. The van der Waals surface area contributed by atoms with Gasteiger partial charge in [0.15, 0.2) is 0 Å². The molecule has 6 heteroatoms. The normalized spacial score (nSPS) is 20.9. The van der Waals surface area contributed by atoms with E-state index in [1.165, 1.54) is 0 Å². The molecule has 1 aliphatic heterocycles. The maximum Gasteiger partial charge on any atom is 0.508 e. The van der Waals surface area contributed by atoms with Gasteiger partial charge in [0.2, 0.25) is 5.91 Å². The van der Waals surface area contributed by atoms with Gasteiger partial charge in [-0.1, -0.05) is 0 Å². The number of hydrogen-bond donors (Lipinski definition) is 2. The molecule has 1 aliphatic rings. The van der Waals surface area contributed by atoms with Crippen molar-refractivity contribution in [2.24, 2.45) is 11.5 Å². The summed E-state index contributed by atoms with van der Waals surface area (Å²) in [5.74, 6) is -0.543. The SMILES string of the molecule is NC(=O)CC1(N)COC(=O)OC1. The summed E-state index contributed by atoms with van der Waals surface area (Å²) in [6, 6.07) is 0. The maximum absolute atomic E-state index is 10.5. The molecular weight excluding hydrogens is 164 g/mol. The van der Waals surface area contributed by atoms with E-state index in [1.54, 1.807) is 0 Å². The summed E-state index contributed by atoms with van der Waals surface area (Å²) in [7, 11) is 0. The molecule has 0 aromatic heterocycles. The lowest BCUT2D eigenvalue weighted by Gasteiger charge is -2.30. The summed E-state index contributed by atoms with van der Waals surface area (Å²) >= 11 is 0. The van der Waals surface area contributed by atoms with Gasteiger partial charge in [-0.05, 0) is 0 Å². The summed E-state index contributed by atoms with van der Waals surface area (Å²) in [6.45, 7) is -0.0659. The first-order valence-corrected chi connectivity index (χ1v) is 3.39. The summed E-state index contributed by atoms with van der Waals surface area (Å²) in [4.78, 5) is 20.9. The molecule has 0 aliphatic carbocycles. The van der Waals surface area contributed by atoms with Crippen LogP contribution in [0.25, 0.3) is 0 Å². The zero-order valence-corrected chi connectivity index (χ0v) is 6.41. The molecule has 0 bridgehead atoms. The molecule has 0 aromatic carbocycles. The first kappa shape index (κ1) is 8.79. The van der Waals surface area contributed by atoms with E-state index in [1.807, 2.05) is 0 Å². The predicted molar refractivity (Wildman–Crippen MR) is 38.0 cm³/mol. The second-order valence-electron chi connectivity index (χ2n) is 2.83. The highest BCUT2D eigenvalue weighted by molar-refractivity contribution is 5.75. The zero-order chi connectivity index (χ0) is 9.19. The van der Waals surface area contributed by atoms with Crippen molar-refractivity contribution in [2.75, 3.05) is 13.2 Å². The van der Waals surface area contributed by atoms with E-state index in [0.717, 1.165) is 0 Å². The highest BCUT2D eigenvalue weighted by Crippen LogP contribution is 2.13. The molecule has 1 saturated heterocycles. The Hall–Kier alpha value is -1.30. The minimum atomic E-state index is -0.959. The van der Waals surface area contributed by atoms with E-state index in [-0.39, 0.29) is 19.6 Å². The molecule has 12 heavy (non-hydrogen) atoms. The Morgan fingerprint density at radius 2 is 2.00 bits per heavy atom. The Bertz CT molecular complexity index is 206.